The molecule has 0 aliphatic heterocycles. The molecular weight excluding hydrogens is 226 g/mol. The number of oxime groups is 1. The normalized spacial score (nSPS) is 13.4. The number of hydrogen-bond acceptors (Lipinski definition) is 3. The predicted molar refractivity (Wildman–Crippen MR) is 74.9 cm³/mol. The Labute approximate surface area is 109 Å². The standard InChI is InChI=1S/C15H23NO2/c1-4-5-6-11-14(17)15(16-18-3)13-10-8-7-9-12(13)2/h7-10,14,17H,4-6,11H2,1-3H3/b16-15+/t14-/m0/s1. The van der Waals surface area contributed by atoms with Crippen LogP contribution in [0, 0.1) is 6.92 Å². The molecule has 18 heavy (non-hydrogen) atoms. The van der Waals surface area contributed by atoms with Gasteiger partial charge in [0, 0.05) is 5.56 Å². The quantitative estimate of drug-likeness (QED) is 0.458. The van der Waals surface area contributed by atoms with Crippen molar-refractivity contribution in [2.24, 2.45) is 5.16 Å². The van der Waals surface area contributed by atoms with Crippen molar-refractivity contribution in [1.82, 2.24) is 0 Å². The van der Waals surface area contributed by atoms with E-state index in [1.807, 2.05) is 31.2 Å². The molecule has 0 aliphatic carbocycles. The highest BCUT2D eigenvalue weighted by molar-refractivity contribution is 6.04. The maximum Gasteiger partial charge on any atom is 0.116 e. The highest BCUT2D eigenvalue weighted by Crippen LogP contribution is 2.15. The van der Waals surface area contributed by atoms with Gasteiger partial charge in [-0.1, -0.05) is 55.6 Å². The first-order valence-corrected chi connectivity index (χ1v) is 6.55. The molecule has 0 fully saturated rings. The summed E-state index contributed by atoms with van der Waals surface area (Å²) in [7, 11) is 1.51. The highest BCUT2D eigenvalue weighted by atomic mass is 16.6. The second-order valence-electron chi connectivity index (χ2n) is 4.49. The molecule has 1 rings (SSSR count). The van der Waals surface area contributed by atoms with Crippen LogP contribution >= 0.6 is 0 Å². The predicted octanol–water partition coefficient (Wildman–Crippen LogP) is 3.29. The van der Waals surface area contributed by atoms with Crippen LogP contribution in [0.3, 0.4) is 0 Å². The van der Waals surface area contributed by atoms with E-state index in [9.17, 15) is 5.11 Å². The van der Waals surface area contributed by atoms with E-state index in [2.05, 4.69) is 12.1 Å². The zero-order valence-corrected chi connectivity index (χ0v) is 11.5. The molecule has 0 aliphatic rings. The molecule has 0 saturated carbocycles. The lowest BCUT2D eigenvalue weighted by Crippen LogP contribution is -2.22. The molecule has 1 atom stereocenters. The molecule has 3 nitrogen and oxygen atoms in total. The average Bonchev–Trinajstić information content (AvgIpc) is 2.37. The van der Waals surface area contributed by atoms with Crippen molar-refractivity contribution in [3.63, 3.8) is 0 Å². The van der Waals surface area contributed by atoms with E-state index in [1.165, 1.54) is 7.11 Å². The van der Waals surface area contributed by atoms with Crippen molar-refractivity contribution in [3.8, 4) is 0 Å². The molecule has 0 aromatic heterocycles. The van der Waals surface area contributed by atoms with Crippen molar-refractivity contribution in [2.75, 3.05) is 7.11 Å². The number of aliphatic hydroxyl groups is 1. The van der Waals surface area contributed by atoms with Crippen LogP contribution in [0.1, 0.15) is 43.7 Å². The van der Waals surface area contributed by atoms with Crippen LogP contribution in [0.25, 0.3) is 0 Å². The summed E-state index contributed by atoms with van der Waals surface area (Å²) in [6.07, 6.45) is 3.45. The Bertz CT molecular complexity index is 388. The van der Waals surface area contributed by atoms with Gasteiger partial charge in [-0.3, -0.25) is 0 Å². The van der Waals surface area contributed by atoms with E-state index < -0.39 is 6.10 Å². The van der Waals surface area contributed by atoms with E-state index in [0.29, 0.717) is 5.71 Å². The second-order valence-corrected chi connectivity index (χ2v) is 4.49. The third-order valence-corrected chi connectivity index (χ3v) is 3.01. The van der Waals surface area contributed by atoms with Crippen molar-refractivity contribution in [2.45, 2.75) is 45.6 Å². The lowest BCUT2D eigenvalue weighted by Gasteiger charge is -2.15. The molecule has 0 spiro atoms. The van der Waals surface area contributed by atoms with Crippen LogP contribution in [0.2, 0.25) is 0 Å². The van der Waals surface area contributed by atoms with Gasteiger partial charge in [-0.2, -0.15) is 0 Å². The van der Waals surface area contributed by atoms with Crippen molar-refractivity contribution >= 4 is 5.71 Å². The summed E-state index contributed by atoms with van der Waals surface area (Å²) < 4.78 is 0. The molecule has 100 valence electrons. The van der Waals surface area contributed by atoms with Gasteiger partial charge >= 0.3 is 0 Å². The Morgan fingerprint density at radius 2 is 2.06 bits per heavy atom. The summed E-state index contributed by atoms with van der Waals surface area (Å²) in [4.78, 5) is 4.87. The van der Waals surface area contributed by atoms with Crippen LogP contribution in [0.15, 0.2) is 29.4 Å². The lowest BCUT2D eigenvalue weighted by atomic mass is 9.97. The minimum absolute atomic E-state index is 0.558. The summed E-state index contributed by atoms with van der Waals surface area (Å²) in [6, 6.07) is 7.91. The first-order valence-electron chi connectivity index (χ1n) is 6.55. The number of aryl methyl sites for hydroxylation is 1. The Morgan fingerprint density at radius 1 is 1.33 bits per heavy atom. The fourth-order valence-electron chi connectivity index (χ4n) is 1.97. The van der Waals surface area contributed by atoms with E-state index in [0.717, 1.165) is 36.8 Å². The SMILES string of the molecule is CCCCC[C@H](O)/C(=N/OC)c1ccccc1C. The average molecular weight is 249 g/mol. The van der Waals surface area contributed by atoms with Gasteiger partial charge < -0.3 is 9.94 Å². The third-order valence-electron chi connectivity index (χ3n) is 3.01. The first-order chi connectivity index (χ1) is 8.70. The Balaban J connectivity index is 2.83. The van der Waals surface area contributed by atoms with Crippen molar-refractivity contribution in [1.29, 1.82) is 0 Å². The van der Waals surface area contributed by atoms with Crippen LogP contribution in [-0.4, -0.2) is 24.0 Å². The number of hydrogen-bond donors (Lipinski definition) is 1. The molecule has 0 radical (unpaired) electrons. The zero-order chi connectivity index (χ0) is 13.4. The molecule has 0 bridgehead atoms. The molecule has 1 N–H and O–H groups in total. The van der Waals surface area contributed by atoms with Gasteiger partial charge in [-0.25, -0.2) is 0 Å². The van der Waals surface area contributed by atoms with E-state index in [-0.39, 0.29) is 0 Å². The van der Waals surface area contributed by atoms with Crippen LogP contribution in [-0.2, 0) is 4.84 Å². The van der Waals surface area contributed by atoms with Gasteiger partial charge in [0.15, 0.2) is 0 Å². The zero-order valence-electron chi connectivity index (χ0n) is 11.5. The molecule has 1 aromatic rings. The molecule has 0 amide bonds. The number of rotatable bonds is 7. The number of nitrogens with zero attached hydrogens (tertiary/aromatic N) is 1. The fraction of sp³-hybridized carbons (Fsp3) is 0.533. The topological polar surface area (TPSA) is 41.8 Å². The van der Waals surface area contributed by atoms with Gasteiger partial charge in [0.2, 0.25) is 0 Å². The molecule has 3 heteroatoms. The smallest absolute Gasteiger partial charge is 0.116 e. The maximum absolute atomic E-state index is 10.2. The third kappa shape index (κ3) is 4.15. The molecule has 0 saturated heterocycles. The summed E-state index contributed by atoms with van der Waals surface area (Å²) >= 11 is 0. The summed E-state index contributed by atoms with van der Waals surface area (Å²) in [5, 5.41) is 14.2. The highest BCUT2D eigenvalue weighted by Gasteiger charge is 2.17. The maximum atomic E-state index is 10.2. The lowest BCUT2D eigenvalue weighted by molar-refractivity contribution is 0.190. The Kier molecular flexibility index (Phi) is 6.44. The van der Waals surface area contributed by atoms with Crippen molar-refractivity contribution in [3.05, 3.63) is 35.4 Å². The van der Waals surface area contributed by atoms with E-state index >= 15 is 0 Å². The molecule has 1 aromatic carbocycles. The van der Waals surface area contributed by atoms with Crippen LogP contribution in [0.4, 0.5) is 0 Å². The Morgan fingerprint density at radius 3 is 2.67 bits per heavy atom. The minimum Gasteiger partial charge on any atom is -0.399 e. The van der Waals surface area contributed by atoms with Crippen molar-refractivity contribution < 1.29 is 9.94 Å². The minimum atomic E-state index is -0.558. The van der Waals surface area contributed by atoms with Gasteiger partial charge in [0.05, 0.1) is 6.10 Å². The monoisotopic (exact) mass is 249 g/mol. The summed E-state index contributed by atoms with van der Waals surface area (Å²) in [5.41, 5.74) is 2.69. The molecule has 0 unspecified atom stereocenters. The van der Waals surface area contributed by atoms with E-state index in [1.54, 1.807) is 0 Å². The van der Waals surface area contributed by atoms with Gasteiger partial charge in [0.25, 0.3) is 0 Å². The molecular formula is C15H23NO2. The van der Waals surface area contributed by atoms with Crippen LogP contribution < -0.4 is 0 Å². The van der Waals surface area contributed by atoms with E-state index in [4.69, 9.17) is 4.84 Å². The largest absolute Gasteiger partial charge is 0.399 e. The van der Waals surface area contributed by atoms with Gasteiger partial charge in [-0.05, 0) is 18.9 Å². The molecule has 0 heterocycles. The first kappa shape index (κ1) is 14.7. The Hall–Kier alpha value is -1.35. The van der Waals surface area contributed by atoms with Gasteiger partial charge in [-0.15, -0.1) is 0 Å². The van der Waals surface area contributed by atoms with Gasteiger partial charge in [0.1, 0.15) is 12.8 Å². The summed E-state index contributed by atoms with van der Waals surface area (Å²) in [6.45, 7) is 4.16. The second kappa shape index (κ2) is 7.88. The van der Waals surface area contributed by atoms with Crippen LogP contribution in [0.5, 0.6) is 0 Å². The number of benzene rings is 1. The number of aliphatic hydroxyl groups excluding tert-OH is 1. The fourth-order valence-corrected chi connectivity index (χ4v) is 1.97. The summed E-state index contributed by atoms with van der Waals surface area (Å²) in [5.74, 6) is 0. The number of unbranched alkanes of at least 4 members (excludes halogenated alkanes) is 2.